The largest absolute Gasteiger partial charge is 0.508 e. The summed E-state index contributed by atoms with van der Waals surface area (Å²) in [5.74, 6) is -0.229. The Morgan fingerprint density at radius 2 is 1.76 bits per heavy atom. The number of hydrogen-bond donors (Lipinski definition) is 5. The van der Waals surface area contributed by atoms with E-state index in [1.165, 1.54) is 24.4 Å². The van der Waals surface area contributed by atoms with Gasteiger partial charge in [0.1, 0.15) is 17.2 Å². The topological polar surface area (TPSA) is 128 Å². The maximum atomic E-state index is 10.5. The van der Waals surface area contributed by atoms with Gasteiger partial charge in [-0.3, -0.25) is 0 Å². The van der Waals surface area contributed by atoms with Crippen molar-refractivity contribution in [1.29, 1.82) is 0 Å². The Morgan fingerprint density at radius 1 is 1.10 bits per heavy atom. The summed E-state index contributed by atoms with van der Waals surface area (Å²) in [4.78, 5) is 10.5. The SMILES string of the molecule is NC(=O)NN=Cc1cc(-c2ccc(O)cc2)c(O)cc1O. The van der Waals surface area contributed by atoms with Gasteiger partial charge >= 0.3 is 6.03 Å². The first kappa shape index (κ1) is 14.2. The fourth-order valence-corrected chi connectivity index (χ4v) is 1.74. The Bertz CT molecular complexity index is 696. The predicted molar refractivity (Wildman–Crippen MR) is 77.2 cm³/mol. The monoisotopic (exact) mass is 287 g/mol. The minimum Gasteiger partial charge on any atom is -0.508 e. The number of benzene rings is 2. The first-order valence-electron chi connectivity index (χ1n) is 5.91. The van der Waals surface area contributed by atoms with Crippen LogP contribution in [-0.4, -0.2) is 27.6 Å². The van der Waals surface area contributed by atoms with Crippen LogP contribution < -0.4 is 11.2 Å². The molecule has 0 atom stereocenters. The molecule has 0 aromatic heterocycles. The number of nitrogens with two attached hydrogens (primary N) is 1. The molecule has 0 heterocycles. The molecule has 7 nitrogen and oxygen atoms in total. The Kier molecular flexibility index (Phi) is 3.94. The van der Waals surface area contributed by atoms with Crippen LogP contribution in [0, 0.1) is 0 Å². The summed E-state index contributed by atoms with van der Waals surface area (Å²) in [5, 5.41) is 32.4. The molecule has 0 fully saturated rings. The molecule has 6 N–H and O–H groups in total. The van der Waals surface area contributed by atoms with Crippen LogP contribution in [0.1, 0.15) is 5.56 Å². The van der Waals surface area contributed by atoms with Crippen molar-refractivity contribution in [3.05, 3.63) is 42.0 Å². The Hall–Kier alpha value is -3.22. The lowest BCUT2D eigenvalue weighted by Crippen LogP contribution is -2.24. The molecule has 0 bridgehead atoms. The van der Waals surface area contributed by atoms with E-state index in [1.807, 2.05) is 5.43 Å². The maximum Gasteiger partial charge on any atom is 0.332 e. The van der Waals surface area contributed by atoms with Crippen LogP contribution >= 0.6 is 0 Å². The molecule has 0 aliphatic carbocycles. The molecule has 0 aliphatic rings. The van der Waals surface area contributed by atoms with Crippen LogP contribution in [0.2, 0.25) is 0 Å². The number of carbonyl (C=O) groups is 1. The van der Waals surface area contributed by atoms with Gasteiger partial charge in [-0.05, 0) is 23.8 Å². The summed E-state index contributed by atoms with van der Waals surface area (Å²) in [7, 11) is 0. The number of nitrogens with zero attached hydrogens (tertiary/aromatic N) is 1. The fourth-order valence-electron chi connectivity index (χ4n) is 1.74. The molecule has 0 saturated heterocycles. The van der Waals surface area contributed by atoms with Crippen molar-refractivity contribution in [2.75, 3.05) is 0 Å². The number of hydrazone groups is 1. The molecule has 0 unspecified atom stereocenters. The molecule has 0 saturated carbocycles. The first-order chi connectivity index (χ1) is 9.97. The third-order valence-electron chi connectivity index (χ3n) is 2.70. The van der Waals surface area contributed by atoms with Crippen LogP contribution in [0.15, 0.2) is 41.5 Å². The molecule has 2 amide bonds. The molecule has 2 aromatic rings. The van der Waals surface area contributed by atoms with E-state index in [0.29, 0.717) is 11.1 Å². The zero-order valence-corrected chi connectivity index (χ0v) is 10.8. The lowest BCUT2D eigenvalue weighted by atomic mass is 10.0. The van der Waals surface area contributed by atoms with Gasteiger partial charge in [-0.1, -0.05) is 12.1 Å². The number of primary amides is 1. The molecule has 0 aliphatic heterocycles. The number of carbonyl (C=O) groups excluding carboxylic acids is 1. The molecule has 108 valence electrons. The number of urea groups is 1. The van der Waals surface area contributed by atoms with Gasteiger partial charge in [0.15, 0.2) is 0 Å². The van der Waals surface area contributed by atoms with Gasteiger partial charge in [0, 0.05) is 17.2 Å². The number of aromatic hydroxyl groups is 3. The van der Waals surface area contributed by atoms with Crippen LogP contribution in [0.5, 0.6) is 17.2 Å². The highest BCUT2D eigenvalue weighted by molar-refractivity contribution is 5.88. The summed E-state index contributed by atoms with van der Waals surface area (Å²) in [6, 6.07) is 8.00. The van der Waals surface area contributed by atoms with E-state index >= 15 is 0 Å². The first-order valence-corrected chi connectivity index (χ1v) is 5.91. The van der Waals surface area contributed by atoms with Gasteiger partial charge in [0.05, 0.1) is 6.21 Å². The van der Waals surface area contributed by atoms with Crippen molar-refractivity contribution in [2.24, 2.45) is 10.8 Å². The standard InChI is InChI=1S/C14H13N3O4/c15-14(21)17-16-7-9-5-11(13(20)6-12(9)19)8-1-3-10(18)4-2-8/h1-7,18-20H,(H3,15,17,21). The number of hydrogen-bond acceptors (Lipinski definition) is 5. The van der Waals surface area contributed by atoms with Crippen LogP contribution in [0.4, 0.5) is 4.79 Å². The summed E-state index contributed by atoms with van der Waals surface area (Å²) in [6.07, 6.45) is 1.20. The third-order valence-corrected chi connectivity index (χ3v) is 2.70. The zero-order chi connectivity index (χ0) is 15.4. The van der Waals surface area contributed by atoms with E-state index in [1.54, 1.807) is 12.1 Å². The molecular weight excluding hydrogens is 274 g/mol. The highest BCUT2D eigenvalue weighted by atomic mass is 16.3. The van der Waals surface area contributed by atoms with Crippen molar-refractivity contribution >= 4 is 12.2 Å². The Labute approximate surface area is 120 Å². The summed E-state index contributed by atoms with van der Waals surface area (Å²) >= 11 is 0. The normalized spacial score (nSPS) is 10.7. The Morgan fingerprint density at radius 3 is 2.38 bits per heavy atom. The quantitative estimate of drug-likeness (QED) is 0.432. The van der Waals surface area contributed by atoms with E-state index in [2.05, 4.69) is 5.10 Å². The average Bonchev–Trinajstić information content (AvgIpc) is 2.42. The average molecular weight is 287 g/mol. The number of nitrogens with one attached hydrogen (secondary N) is 1. The lowest BCUT2D eigenvalue weighted by molar-refractivity contribution is 0.249. The molecule has 2 rings (SSSR count). The smallest absolute Gasteiger partial charge is 0.332 e. The zero-order valence-electron chi connectivity index (χ0n) is 10.8. The second kappa shape index (κ2) is 5.83. The van der Waals surface area contributed by atoms with Gasteiger partial charge < -0.3 is 21.1 Å². The van der Waals surface area contributed by atoms with E-state index in [4.69, 9.17) is 5.73 Å². The van der Waals surface area contributed by atoms with Crippen LogP contribution in [0.25, 0.3) is 11.1 Å². The second-order valence-corrected chi connectivity index (χ2v) is 4.21. The summed E-state index contributed by atoms with van der Waals surface area (Å²) < 4.78 is 0. The second-order valence-electron chi connectivity index (χ2n) is 4.21. The number of phenolic OH excluding ortho intramolecular Hbond substituents is 3. The van der Waals surface area contributed by atoms with Gasteiger partial charge in [0.25, 0.3) is 0 Å². The van der Waals surface area contributed by atoms with Crippen molar-refractivity contribution < 1.29 is 20.1 Å². The number of rotatable bonds is 3. The lowest BCUT2D eigenvalue weighted by Gasteiger charge is -2.08. The van der Waals surface area contributed by atoms with Gasteiger partial charge in [-0.2, -0.15) is 5.10 Å². The molecular formula is C14H13N3O4. The van der Waals surface area contributed by atoms with Crippen molar-refractivity contribution in [3.8, 4) is 28.4 Å². The molecule has 7 heteroatoms. The van der Waals surface area contributed by atoms with E-state index < -0.39 is 6.03 Å². The van der Waals surface area contributed by atoms with Crippen molar-refractivity contribution in [3.63, 3.8) is 0 Å². The molecule has 2 aromatic carbocycles. The van der Waals surface area contributed by atoms with Crippen molar-refractivity contribution in [2.45, 2.75) is 0 Å². The van der Waals surface area contributed by atoms with E-state index in [0.717, 1.165) is 6.07 Å². The molecule has 0 radical (unpaired) electrons. The van der Waals surface area contributed by atoms with E-state index in [9.17, 15) is 20.1 Å². The molecule has 21 heavy (non-hydrogen) atoms. The Balaban J connectivity index is 2.40. The number of amides is 2. The highest BCUT2D eigenvalue weighted by Gasteiger charge is 2.09. The van der Waals surface area contributed by atoms with Gasteiger partial charge in [-0.25, -0.2) is 10.2 Å². The van der Waals surface area contributed by atoms with Gasteiger partial charge in [0.2, 0.25) is 0 Å². The van der Waals surface area contributed by atoms with E-state index in [-0.39, 0.29) is 22.8 Å². The third kappa shape index (κ3) is 3.41. The van der Waals surface area contributed by atoms with Gasteiger partial charge in [-0.15, -0.1) is 0 Å². The molecule has 0 spiro atoms. The highest BCUT2D eigenvalue weighted by Crippen LogP contribution is 2.34. The fraction of sp³-hybridized carbons (Fsp3) is 0. The maximum absolute atomic E-state index is 10.5. The van der Waals surface area contributed by atoms with Crippen LogP contribution in [0.3, 0.4) is 0 Å². The summed E-state index contributed by atoms with van der Waals surface area (Å²) in [5.41, 5.74) is 8.23. The number of phenols is 3. The predicted octanol–water partition coefficient (Wildman–Crippen LogP) is 1.47. The van der Waals surface area contributed by atoms with Crippen LogP contribution in [-0.2, 0) is 0 Å². The summed E-state index contributed by atoms with van der Waals surface area (Å²) in [6.45, 7) is 0. The van der Waals surface area contributed by atoms with Crippen molar-refractivity contribution in [1.82, 2.24) is 5.43 Å². The minimum absolute atomic E-state index is 0.101. The minimum atomic E-state index is -0.830.